The number of nitrogens with one attached hydrogen (secondary N) is 1. The van der Waals surface area contributed by atoms with E-state index in [0.29, 0.717) is 7.14 Å². The Morgan fingerprint density at radius 1 is 1.00 bits per heavy atom. The van der Waals surface area contributed by atoms with Crippen LogP contribution in [0.2, 0.25) is 0 Å². The van der Waals surface area contributed by atoms with Crippen molar-refractivity contribution in [3.05, 3.63) is 25.4 Å². The molecule has 11 heteroatoms. The molecule has 1 amide bonds. The van der Waals surface area contributed by atoms with E-state index in [4.69, 9.17) is 4.74 Å². The lowest BCUT2D eigenvalue weighted by molar-refractivity contribution is 0.0521. The van der Waals surface area contributed by atoms with Gasteiger partial charge in [0.25, 0.3) is 5.91 Å². The van der Waals surface area contributed by atoms with Crippen LogP contribution >= 0.6 is 90.4 Å². The monoisotopic (exact) mass is 775 g/mol. The highest BCUT2D eigenvalue weighted by molar-refractivity contribution is 14.1. The van der Waals surface area contributed by atoms with Gasteiger partial charge >= 0.3 is 5.97 Å². The van der Waals surface area contributed by atoms with E-state index in [1.54, 1.807) is 6.92 Å². The lowest BCUT2D eigenvalue weighted by Crippen LogP contribution is -2.32. The number of sulfonamides is 1. The maximum Gasteiger partial charge on any atom is 0.340 e. The Morgan fingerprint density at radius 2 is 1.45 bits per heavy atom. The molecule has 0 bridgehead atoms. The summed E-state index contributed by atoms with van der Waals surface area (Å²) < 4.78 is 32.2. The molecule has 1 aromatic carbocycles. The molecule has 1 N–H and O–H groups in total. The molecule has 0 saturated heterocycles. The molecule has 1 rings (SSSR count). The van der Waals surface area contributed by atoms with Crippen molar-refractivity contribution in [2.45, 2.75) is 6.92 Å². The Hall–Kier alpha value is 1.03. The molecule has 0 aliphatic heterocycles. The summed E-state index contributed by atoms with van der Waals surface area (Å²) in [5, 5.41) is 0. The van der Waals surface area contributed by atoms with Crippen LogP contribution in [0.3, 0.4) is 0 Å². The van der Waals surface area contributed by atoms with Gasteiger partial charge in [0.2, 0.25) is 10.0 Å². The van der Waals surface area contributed by atoms with E-state index >= 15 is 0 Å². The van der Waals surface area contributed by atoms with Crippen molar-refractivity contribution >= 4 is 112 Å². The zero-order chi connectivity index (χ0) is 17.2. The van der Waals surface area contributed by atoms with E-state index in [1.165, 1.54) is 0 Å². The van der Waals surface area contributed by atoms with Crippen LogP contribution in [0.1, 0.15) is 27.6 Å². The average molecular weight is 775 g/mol. The van der Waals surface area contributed by atoms with E-state index < -0.39 is 21.9 Å². The molecule has 0 saturated carbocycles. The minimum absolute atomic E-state index is 0.0127. The molecule has 0 aromatic heterocycles. The van der Waals surface area contributed by atoms with Crippen molar-refractivity contribution in [1.29, 1.82) is 0 Å². The third-order valence-electron chi connectivity index (χ3n) is 2.25. The van der Waals surface area contributed by atoms with Crippen LogP contribution in [-0.4, -0.2) is 33.2 Å². The number of hydrogen-bond acceptors (Lipinski definition) is 5. The molecule has 6 nitrogen and oxygen atoms in total. The van der Waals surface area contributed by atoms with Crippen LogP contribution in [0.4, 0.5) is 0 Å². The Balaban J connectivity index is 3.66. The fourth-order valence-corrected chi connectivity index (χ4v) is 5.55. The molecule has 1 aromatic rings. The largest absolute Gasteiger partial charge is 0.462 e. The number of carbonyl (C=O) groups excluding carboxylic acids is 2. The molecule has 22 heavy (non-hydrogen) atoms. The quantitative estimate of drug-likeness (QED) is 0.220. The first-order valence-corrected chi connectivity index (χ1v) is 11.8. The van der Waals surface area contributed by atoms with E-state index in [-0.39, 0.29) is 17.7 Å². The third kappa shape index (κ3) is 5.01. The normalized spacial score (nSPS) is 11.2. The molecule has 0 heterocycles. The van der Waals surface area contributed by atoms with Gasteiger partial charge in [-0.2, -0.15) is 0 Å². The summed E-state index contributed by atoms with van der Waals surface area (Å²) >= 11 is 8.00. The minimum atomic E-state index is -3.74. The molecule has 122 valence electrons. The minimum Gasteiger partial charge on any atom is -0.462 e. The van der Waals surface area contributed by atoms with Crippen LogP contribution in [0.15, 0.2) is 0 Å². The Kier molecular flexibility index (Phi) is 8.06. The van der Waals surface area contributed by atoms with Crippen molar-refractivity contribution < 1.29 is 22.7 Å². The Morgan fingerprint density at radius 3 is 1.86 bits per heavy atom. The van der Waals surface area contributed by atoms with Crippen LogP contribution in [0.5, 0.6) is 0 Å². The van der Waals surface area contributed by atoms with Crippen molar-refractivity contribution in [3.63, 3.8) is 0 Å². The first-order valence-electron chi connectivity index (χ1n) is 5.56. The highest BCUT2D eigenvalue weighted by Gasteiger charge is 2.29. The van der Waals surface area contributed by atoms with E-state index in [9.17, 15) is 18.0 Å². The van der Waals surface area contributed by atoms with Gasteiger partial charge in [0.05, 0.1) is 24.0 Å². The summed E-state index contributed by atoms with van der Waals surface area (Å²) in [6.07, 6.45) is 0.879. The number of carbonyl (C=O) groups is 2. The number of hydrogen-bond donors (Lipinski definition) is 1. The van der Waals surface area contributed by atoms with Gasteiger partial charge in [-0.15, -0.1) is 0 Å². The maximum absolute atomic E-state index is 12.3. The van der Waals surface area contributed by atoms with Gasteiger partial charge in [-0.05, 0) is 97.3 Å². The summed E-state index contributed by atoms with van der Waals surface area (Å²) in [6.45, 7) is 1.81. The molecule has 0 radical (unpaired) electrons. The van der Waals surface area contributed by atoms with Crippen molar-refractivity contribution in [2.24, 2.45) is 0 Å². The molecule has 0 aliphatic rings. The lowest BCUT2D eigenvalue weighted by atomic mass is 10.1. The highest BCUT2D eigenvalue weighted by atomic mass is 127. The molecule has 0 fully saturated rings. The van der Waals surface area contributed by atoms with Crippen LogP contribution in [0, 0.1) is 14.3 Å². The van der Waals surface area contributed by atoms with Crippen LogP contribution < -0.4 is 4.72 Å². The van der Waals surface area contributed by atoms with Crippen molar-refractivity contribution in [3.8, 4) is 0 Å². The van der Waals surface area contributed by atoms with E-state index in [1.807, 2.05) is 49.9 Å². The highest BCUT2D eigenvalue weighted by Crippen LogP contribution is 2.33. The summed E-state index contributed by atoms with van der Waals surface area (Å²) in [5.41, 5.74) is 0.0940. The number of ether oxygens (including phenoxy) is 1. The molecule has 0 unspecified atom stereocenters. The Labute approximate surface area is 182 Å². The molecular formula is C11H9I4NO5S. The smallest absolute Gasteiger partial charge is 0.340 e. The number of halogens is 4. The first-order chi connectivity index (χ1) is 10.0. The summed E-state index contributed by atoms with van der Waals surface area (Å²) in [6, 6.07) is 0. The molecule has 0 aliphatic carbocycles. The van der Waals surface area contributed by atoms with Crippen LogP contribution in [-0.2, 0) is 14.8 Å². The van der Waals surface area contributed by atoms with Crippen molar-refractivity contribution in [2.75, 3.05) is 12.9 Å². The first kappa shape index (κ1) is 21.1. The predicted octanol–water partition coefficient (Wildman–Crippen LogP) is 2.97. The van der Waals surface area contributed by atoms with Crippen LogP contribution in [0.25, 0.3) is 0 Å². The van der Waals surface area contributed by atoms with Gasteiger partial charge in [-0.25, -0.2) is 17.9 Å². The standard InChI is InChI=1S/C11H9I4NO5S/c1-3-21-11(18)5-4(10(17)16-22(2,19)20)6(12)8(14)9(15)7(5)13/h3H2,1-2H3,(H,16,17). The predicted molar refractivity (Wildman–Crippen MR) is 116 cm³/mol. The fourth-order valence-electron chi connectivity index (χ4n) is 1.46. The third-order valence-corrected chi connectivity index (χ3v) is 10.2. The van der Waals surface area contributed by atoms with Gasteiger partial charge in [0, 0.05) is 14.3 Å². The zero-order valence-electron chi connectivity index (χ0n) is 11.2. The average Bonchev–Trinajstić information content (AvgIpc) is 2.38. The summed E-state index contributed by atoms with van der Waals surface area (Å²) in [4.78, 5) is 24.5. The summed E-state index contributed by atoms with van der Waals surface area (Å²) in [5.74, 6) is -1.50. The number of rotatable bonds is 4. The molecule has 0 spiro atoms. The topological polar surface area (TPSA) is 89.5 Å². The Bertz CT molecular complexity index is 748. The second kappa shape index (κ2) is 8.41. The second-order valence-corrected chi connectivity index (χ2v) is 9.99. The summed E-state index contributed by atoms with van der Waals surface area (Å²) in [7, 11) is -3.74. The molecular weight excluding hydrogens is 766 g/mol. The van der Waals surface area contributed by atoms with Gasteiger partial charge in [-0.1, -0.05) is 0 Å². The maximum atomic E-state index is 12.3. The van der Waals surface area contributed by atoms with Gasteiger partial charge in [0.1, 0.15) is 0 Å². The SMILES string of the molecule is CCOC(=O)c1c(I)c(I)c(I)c(I)c1C(=O)NS(C)(=O)=O. The fraction of sp³-hybridized carbons (Fsp3) is 0.273. The number of amides is 1. The zero-order valence-corrected chi connectivity index (χ0v) is 20.6. The second-order valence-electron chi connectivity index (χ2n) is 3.93. The van der Waals surface area contributed by atoms with Gasteiger partial charge < -0.3 is 4.74 Å². The van der Waals surface area contributed by atoms with Gasteiger partial charge in [-0.3, -0.25) is 4.79 Å². The van der Waals surface area contributed by atoms with E-state index in [0.717, 1.165) is 13.4 Å². The van der Waals surface area contributed by atoms with E-state index in [2.05, 4.69) is 45.2 Å². The number of esters is 1. The molecule has 0 atom stereocenters. The van der Waals surface area contributed by atoms with Gasteiger partial charge in [0.15, 0.2) is 0 Å². The lowest BCUT2D eigenvalue weighted by Gasteiger charge is -2.16. The number of benzene rings is 1. The van der Waals surface area contributed by atoms with Crippen molar-refractivity contribution in [1.82, 2.24) is 4.72 Å².